The fourth-order valence-corrected chi connectivity index (χ4v) is 3.91. The van der Waals surface area contributed by atoms with Crippen LogP contribution in [-0.4, -0.2) is 42.1 Å². The molecule has 2 heterocycles. The number of hydrogen-bond donors (Lipinski definition) is 0. The lowest BCUT2D eigenvalue weighted by Gasteiger charge is -2.46. The summed E-state index contributed by atoms with van der Waals surface area (Å²) in [5.74, 6) is 0.593. The zero-order valence-corrected chi connectivity index (χ0v) is 17.2. The first-order valence-corrected chi connectivity index (χ1v) is 10.3. The highest BCUT2D eigenvalue weighted by atomic mass is 32.2. The highest BCUT2D eigenvalue weighted by Crippen LogP contribution is 2.40. The van der Waals surface area contributed by atoms with Gasteiger partial charge in [-0.25, -0.2) is 0 Å². The van der Waals surface area contributed by atoms with Crippen LogP contribution in [0.4, 0.5) is 0 Å². The van der Waals surface area contributed by atoms with Crippen LogP contribution in [0.25, 0.3) is 0 Å². The fraction of sp³-hybridized carbons (Fsp3) is 0.571. The van der Waals surface area contributed by atoms with Gasteiger partial charge in [-0.1, -0.05) is 43.8 Å². The first-order chi connectivity index (χ1) is 12.8. The maximum atomic E-state index is 12.6. The van der Waals surface area contributed by atoms with Crippen molar-refractivity contribution in [2.45, 2.75) is 57.7 Å². The summed E-state index contributed by atoms with van der Waals surface area (Å²) in [5, 5.41) is 0. The molecule has 0 radical (unpaired) electrons. The summed E-state index contributed by atoms with van der Waals surface area (Å²) in [7, 11) is 0. The highest BCUT2D eigenvalue weighted by molar-refractivity contribution is 7.99. The molecule has 2 fully saturated rings. The Morgan fingerprint density at radius 2 is 1.96 bits per heavy atom. The Labute approximate surface area is 165 Å². The molecule has 27 heavy (non-hydrogen) atoms. The van der Waals surface area contributed by atoms with E-state index in [0.29, 0.717) is 6.61 Å². The first-order valence-electron chi connectivity index (χ1n) is 9.30. The van der Waals surface area contributed by atoms with Gasteiger partial charge in [-0.3, -0.25) is 4.79 Å². The number of rotatable bonds is 4. The zero-order chi connectivity index (χ0) is 19.6. The van der Waals surface area contributed by atoms with Crippen LogP contribution in [0.1, 0.15) is 39.5 Å². The van der Waals surface area contributed by atoms with E-state index in [9.17, 15) is 4.79 Å². The summed E-state index contributed by atoms with van der Waals surface area (Å²) in [4.78, 5) is 12.6. The highest BCUT2D eigenvalue weighted by Gasteiger charge is 2.49. The largest absolute Gasteiger partial charge is 0.454 e. The summed E-state index contributed by atoms with van der Waals surface area (Å²) in [6, 6.07) is 9.73. The van der Waals surface area contributed by atoms with Crippen LogP contribution in [0.2, 0.25) is 0 Å². The van der Waals surface area contributed by atoms with Crippen LogP contribution in [0.15, 0.2) is 42.5 Å². The average Bonchev–Trinajstić information content (AvgIpc) is 2.64. The molecule has 3 rings (SSSR count). The van der Waals surface area contributed by atoms with Crippen LogP contribution in [0.3, 0.4) is 0 Å². The molecule has 0 N–H and O–H groups in total. The van der Waals surface area contributed by atoms with Gasteiger partial charge in [0.25, 0.3) is 0 Å². The van der Waals surface area contributed by atoms with E-state index in [-0.39, 0.29) is 17.5 Å². The van der Waals surface area contributed by atoms with Crippen molar-refractivity contribution in [3.05, 3.63) is 48.0 Å². The molecule has 0 aromatic heterocycles. The molecular weight excluding hydrogens is 364 g/mol. The van der Waals surface area contributed by atoms with Crippen molar-refractivity contribution < 1.29 is 23.7 Å². The van der Waals surface area contributed by atoms with E-state index in [0.717, 1.165) is 16.9 Å². The molecule has 0 bridgehead atoms. The average molecular weight is 393 g/mol. The van der Waals surface area contributed by atoms with E-state index in [2.05, 4.69) is 13.5 Å². The van der Waals surface area contributed by atoms with Crippen molar-refractivity contribution in [2.24, 2.45) is 5.41 Å². The molecule has 2 aliphatic heterocycles. The number of carbonyl (C=O) groups excluding carboxylic acids is 1. The Kier molecular flexibility index (Phi) is 6.31. The molecule has 0 saturated carbocycles. The molecule has 0 amide bonds. The summed E-state index contributed by atoms with van der Waals surface area (Å²) < 4.78 is 24.1. The molecule has 2 aliphatic rings. The minimum atomic E-state index is -0.606. The fourth-order valence-electron chi connectivity index (χ4n) is 3.04. The summed E-state index contributed by atoms with van der Waals surface area (Å²) >= 11 is 1.63. The normalized spacial score (nSPS) is 31.3. The third-order valence-electron chi connectivity index (χ3n) is 4.56. The van der Waals surface area contributed by atoms with Crippen molar-refractivity contribution in [3.8, 4) is 0 Å². The minimum absolute atomic E-state index is 0.241. The Morgan fingerprint density at radius 3 is 2.59 bits per heavy atom. The molecule has 148 valence electrons. The second kappa shape index (κ2) is 8.35. The van der Waals surface area contributed by atoms with Gasteiger partial charge in [0.15, 0.2) is 12.4 Å². The van der Waals surface area contributed by atoms with E-state index >= 15 is 0 Å². The van der Waals surface area contributed by atoms with Gasteiger partial charge in [-0.15, -0.1) is 11.8 Å². The zero-order valence-electron chi connectivity index (χ0n) is 16.3. The van der Waals surface area contributed by atoms with Crippen molar-refractivity contribution in [1.29, 1.82) is 0 Å². The summed E-state index contributed by atoms with van der Waals surface area (Å²) in [5.41, 5.74) is 0.808. The molecule has 1 unspecified atom stereocenters. The standard InChI is InChI=1S/C21H28O5S/c1-6-27-19-13(2)16(26-20(22)21(3,4)5)17-15(24-19)12-23-18(25-17)14-10-8-7-9-11-14/h7-11,15-19H,2,6,12H2,1,3-5H3/t15-,16-,17-,18?,19-/m1/s1. The predicted molar refractivity (Wildman–Crippen MR) is 105 cm³/mol. The van der Waals surface area contributed by atoms with Crippen LogP contribution in [0, 0.1) is 5.41 Å². The minimum Gasteiger partial charge on any atom is -0.454 e. The number of carbonyl (C=O) groups is 1. The van der Waals surface area contributed by atoms with E-state index in [1.54, 1.807) is 11.8 Å². The Morgan fingerprint density at radius 1 is 1.26 bits per heavy atom. The smallest absolute Gasteiger partial charge is 0.311 e. The molecule has 1 aromatic carbocycles. The van der Waals surface area contributed by atoms with E-state index < -0.39 is 23.9 Å². The second-order valence-electron chi connectivity index (χ2n) is 7.79. The van der Waals surface area contributed by atoms with Crippen LogP contribution in [-0.2, 0) is 23.7 Å². The molecule has 6 heteroatoms. The number of thioether (sulfide) groups is 1. The number of hydrogen-bond acceptors (Lipinski definition) is 6. The maximum absolute atomic E-state index is 12.6. The van der Waals surface area contributed by atoms with Gasteiger partial charge in [0.2, 0.25) is 0 Å². The number of esters is 1. The van der Waals surface area contributed by atoms with Crippen molar-refractivity contribution in [1.82, 2.24) is 0 Å². The van der Waals surface area contributed by atoms with Gasteiger partial charge in [0.1, 0.15) is 17.6 Å². The molecule has 5 atom stereocenters. The molecule has 5 nitrogen and oxygen atoms in total. The van der Waals surface area contributed by atoms with E-state index in [1.165, 1.54) is 0 Å². The van der Waals surface area contributed by atoms with Gasteiger partial charge >= 0.3 is 5.97 Å². The Bertz CT molecular complexity index is 669. The van der Waals surface area contributed by atoms with Gasteiger partial charge in [0, 0.05) is 11.1 Å². The Balaban J connectivity index is 1.83. The van der Waals surface area contributed by atoms with Gasteiger partial charge < -0.3 is 18.9 Å². The molecule has 2 saturated heterocycles. The monoisotopic (exact) mass is 392 g/mol. The summed E-state index contributed by atoms with van der Waals surface area (Å²) in [6.45, 7) is 12.1. The third-order valence-corrected chi connectivity index (χ3v) is 5.61. The number of fused-ring (bicyclic) bond motifs is 1. The lowest BCUT2D eigenvalue weighted by Crippen LogP contribution is -2.57. The second-order valence-corrected chi connectivity index (χ2v) is 9.13. The van der Waals surface area contributed by atoms with Crippen LogP contribution in [0.5, 0.6) is 0 Å². The SMILES string of the molecule is C=C1[C@@H](SCC)O[C@@H]2COC(c3ccccc3)O[C@H]2[C@@H]1OC(=O)C(C)(C)C. The van der Waals surface area contributed by atoms with E-state index in [1.807, 2.05) is 51.1 Å². The van der Waals surface area contributed by atoms with Gasteiger partial charge in [0.05, 0.1) is 12.0 Å². The first kappa shape index (κ1) is 20.4. The van der Waals surface area contributed by atoms with Gasteiger partial charge in [-0.2, -0.15) is 0 Å². The topological polar surface area (TPSA) is 54.0 Å². The van der Waals surface area contributed by atoms with Crippen LogP contribution < -0.4 is 0 Å². The lowest BCUT2D eigenvalue weighted by molar-refractivity contribution is -0.294. The molecule has 0 aliphatic carbocycles. The van der Waals surface area contributed by atoms with E-state index in [4.69, 9.17) is 18.9 Å². The van der Waals surface area contributed by atoms with Crippen molar-refractivity contribution >= 4 is 17.7 Å². The van der Waals surface area contributed by atoms with Gasteiger partial charge in [-0.05, 0) is 26.5 Å². The molecule has 0 spiro atoms. The van der Waals surface area contributed by atoms with Crippen molar-refractivity contribution in [3.63, 3.8) is 0 Å². The lowest BCUT2D eigenvalue weighted by atomic mass is 9.94. The number of ether oxygens (including phenoxy) is 4. The van der Waals surface area contributed by atoms with Crippen LogP contribution >= 0.6 is 11.8 Å². The molecule has 1 aromatic rings. The third kappa shape index (κ3) is 4.57. The summed E-state index contributed by atoms with van der Waals surface area (Å²) in [6.07, 6.45) is -1.83. The number of benzene rings is 1. The Hall–Kier alpha value is -1.34. The quantitative estimate of drug-likeness (QED) is 0.568. The molecular formula is C21H28O5S. The maximum Gasteiger partial charge on any atom is 0.311 e. The van der Waals surface area contributed by atoms with Crippen molar-refractivity contribution in [2.75, 3.05) is 12.4 Å². The predicted octanol–water partition coefficient (Wildman–Crippen LogP) is 4.09.